The molecule has 1 aromatic heterocycles. The van der Waals surface area contributed by atoms with Gasteiger partial charge in [-0.3, -0.25) is 4.79 Å². The molecule has 0 aliphatic heterocycles. The monoisotopic (exact) mass is 322 g/mol. The van der Waals surface area contributed by atoms with Crippen LogP contribution in [0.25, 0.3) is 11.5 Å². The van der Waals surface area contributed by atoms with Gasteiger partial charge in [0.25, 0.3) is 11.8 Å². The third-order valence-electron chi connectivity index (χ3n) is 3.82. The number of nitrogens with one attached hydrogen (secondary N) is 1. The fourth-order valence-corrected chi connectivity index (χ4v) is 2.69. The molecule has 22 heavy (non-hydrogen) atoms. The van der Waals surface area contributed by atoms with Crippen molar-refractivity contribution in [2.24, 2.45) is 5.73 Å². The Bertz CT molecular complexity index is 658. The van der Waals surface area contributed by atoms with E-state index in [1.807, 2.05) is 12.1 Å². The van der Waals surface area contributed by atoms with E-state index in [1.54, 1.807) is 19.1 Å². The minimum Gasteiger partial charge on any atom is -0.348 e. The number of carbonyl (C=O) groups excluding carboxylic acids is 1. The van der Waals surface area contributed by atoms with Gasteiger partial charge in [0.15, 0.2) is 5.82 Å². The summed E-state index contributed by atoms with van der Waals surface area (Å²) >= 11 is 0. The number of aromatic nitrogens is 2. The highest BCUT2D eigenvalue weighted by Crippen LogP contribution is 2.23. The van der Waals surface area contributed by atoms with Crippen LogP contribution >= 0.6 is 12.4 Å². The minimum atomic E-state index is -0.149. The molecule has 118 valence electrons. The number of carbonyl (C=O) groups is 1. The Hall–Kier alpha value is -1.92. The molecule has 3 rings (SSSR count). The summed E-state index contributed by atoms with van der Waals surface area (Å²) in [7, 11) is 0. The topological polar surface area (TPSA) is 94.0 Å². The van der Waals surface area contributed by atoms with Crippen molar-refractivity contribution in [2.75, 3.05) is 0 Å². The van der Waals surface area contributed by atoms with E-state index in [9.17, 15) is 4.79 Å². The number of nitrogens with zero attached hydrogens (tertiary/aromatic N) is 2. The number of rotatable bonds is 3. The molecule has 1 saturated carbocycles. The first-order chi connectivity index (χ1) is 10.1. The molecule has 2 atom stereocenters. The SMILES string of the molecule is Cc1noc(-c2ccccc2C(=O)N[C@@H]2CCC[C@@H]2N)n1.Cl. The van der Waals surface area contributed by atoms with Crippen LogP contribution in [0.2, 0.25) is 0 Å². The van der Waals surface area contributed by atoms with Gasteiger partial charge in [-0.25, -0.2) is 0 Å². The molecule has 1 amide bonds. The maximum absolute atomic E-state index is 12.5. The summed E-state index contributed by atoms with van der Waals surface area (Å²) in [6, 6.07) is 7.28. The average molecular weight is 323 g/mol. The first-order valence-electron chi connectivity index (χ1n) is 7.11. The van der Waals surface area contributed by atoms with Crippen molar-refractivity contribution in [3.63, 3.8) is 0 Å². The van der Waals surface area contributed by atoms with Crippen LogP contribution in [0.3, 0.4) is 0 Å². The fourth-order valence-electron chi connectivity index (χ4n) is 2.69. The molecule has 0 radical (unpaired) electrons. The van der Waals surface area contributed by atoms with E-state index in [0.717, 1.165) is 19.3 Å². The predicted molar refractivity (Wildman–Crippen MR) is 84.8 cm³/mol. The Morgan fingerprint density at radius 1 is 1.36 bits per heavy atom. The van der Waals surface area contributed by atoms with Crippen LogP contribution in [0.4, 0.5) is 0 Å². The van der Waals surface area contributed by atoms with E-state index in [4.69, 9.17) is 10.3 Å². The van der Waals surface area contributed by atoms with Gasteiger partial charge in [-0.05, 0) is 38.3 Å². The van der Waals surface area contributed by atoms with Crippen LogP contribution < -0.4 is 11.1 Å². The zero-order valence-corrected chi connectivity index (χ0v) is 13.1. The molecule has 1 heterocycles. The maximum Gasteiger partial charge on any atom is 0.258 e. The van der Waals surface area contributed by atoms with Crippen molar-refractivity contribution < 1.29 is 9.32 Å². The summed E-state index contributed by atoms with van der Waals surface area (Å²) in [5.74, 6) is 0.746. The number of benzene rings is 1. The zero-order chi connectivity index (χ0) is 14.8. The lowest BCUT2D eigenvalue weighted by Crippen LogP contribution is -2.44. The van der Waals surface area contributed by atoms with Gasteiger partial charge in [0, 0.05) is 12.1 Å². The van der Waals surface area contributed by atoms with E-state index < -0.39 is 0 Å². The molecule has 1 fully saturated rings. The number of amides is 1. The Morgan fingerprint density at radius 3 is 2.77 bits per heavy atom. The number of halogens is 1. The van der Waals surface area contributed by atoms with Gasteiger partial charge in [-0.15, -0.1) is 12.4 Å². The first kappa shape index (κ1) is 16.5. The molecule has 0 unspecified atom stereocenters. The standard InChI is InChI=1S/C15H18N4O2.ClH/c1-9-17-15(21-19-9)11-6-3-2-5-10(11)14(20)18-13-8-4-7-12(13)16;/h2-3,5-6,12-13H,4,7-8,16H2,1H3,(H,18,20);1H/t12-,13+;/m0./s1. The molecule has 0 spiro atoms. The Morgan fingerprint density at radius 2 is 2.14 bits per heavy atom. The van der Waals surface area contributed by atoms with Gasteiger partial charge < -0.3 is 15.6 Å². The smallest absolute Gasteiger partial charge is 0.258 e. The highest BCUT2D eigenvalue weighted by molar-refractivity contribution is 6.00. The summed E-state index contributed by atoms with van der Waals surface area (Å²) in [6.07, 6.45) is 2.93. The van der Waals surface area contributed by atoms with Crippen LogP contribution in [-0.4, -0.2) is 28.1 Å². The number of aryl methyl sites for hydroxylation is 1. The van der Waals surface area contributed by atoms with Crippen molar-refractivity contribution >= 4 is 18.3 Å². The van der Waals surface area contributed by atoms with Crippen LogP contribution in [0.5, 0.6) is 0 Å². The van der Waals surface area contributed by atoms with E-state index >= 15 is 0 Å². The van der Waals surface area contributed by atoms with Gasteiger partial charge >= 0.3 is 0 Å². The van der Waals surface area contributed by atoms with Crippen molar-refractivity contribution in [1.29, 1.82) is 0 Å². The molecule has 1 aliphatic carbocycles. The van der Waals surface area contributed by atoms with E-state index in [0.29, 0.717) is 22.8 Å². The second kappa shape index (κ2) is 6.89. The van der Waals surface area contributed by atoms with Gasteiger partial charge in [0.2, 0.25) is 0 Å². The van der Waals surface area contributed by atoms with Gasteiger partial charge in [-0.1, -0.05) is 17.3 Å². The molecule has 2 aromatic rings. The van der Waals surface area contributed by atoms with Crippen LogP contribution in [0.15, 0.2) is 28.8 Å². The zero-order valence-electron chi connectivity index (χ0n) is 12.3. The van der Waals surface area contributed by atoms with E-state index in [-0.39, 0.29) is 30.4 Å². The highest BCUT2D eigenvalue weighted by atomic mass is 35.5. The molecule has 1 aliphatic rings. The molecular weight excluding hydrogens is 304 g/mol. The summed E-state index contributed by atoms with van der Waals surface area (Å²) in [5.41, 5.74) is 7.17. The van der Waals surface area contributed by atoms with E-state index in [2.05, 4.69) is 15.5 Å². The Kier molecular flexibility index (Phi) is 5.15. The number of hydrogen-bond acceptors (Lipinski definition) is 5. The number of hydrogen-bond donors (Lipinski definition) is 2. The van der Waals surface area contributed by atoms with Crippen LogP contribution in [0.1, 0.15) is 35.4 Å². The molecular formula is C15H19ClN4O2. The quantitative estimate of drug-likeness (QED) is 0.902. The van der Waals surface area contributed by atoms with E-state index in [1.165, 1.54) is 0 Å². The Balaban J connectivity index is 0.00000176. The molecule has 3 N–H and O–H groups in total. The van der Waals surface area contributed by atoms with Crippen molar-refractivity contribution in [1.82, 2.24) is 15.5 Å². The number of nitrogens with two attached hydrogens (primary N) is 1. The summed E-state index contributed by atoms with van der Waals surface area (Å²) in [5, 5.41) is 6.78. The lowest BCUT2D eigenvalue weighted by atomic mass is 10.1. The predicted octanol–water partition coefficient (Wildman–Crippen LogP) is 2.08. The third kappa shape index (κ3) is 3.28. The minimum absolute atomic E-state index is 0. The van der Waals surface area contributed by atoms with Gasteiger partial charge in [-0.2, -0.15) is 4.98 Å². The van der Waals surface area contributed by atoms with Gasteiger partial charge in [0.05, 0.1) is 11.1 Å². The summed E-state index contributed by atoms with van der Waals surface area (Å²) in [6.45, 7) is 1.74. The largest absolute Gasteiger partial charge is 0.348 e. The summed E-state index contributed by atoms with van der Waals surface area (Å²) in [4.78, 5) is 16.7. The normalized spacial score (nSPS) is 20.5. The van der Waals surface area contributed by atoms with Crippen molar-refractivity contribution in [3.8, 4) is 11.5 Å². The second-order valence-electron chi connectivity index (χ2n) is 5.37. The molecule has 6 nitrogen and oxygen atoms in total. The highest BCUT2D eigenvalue weighted by Gasteiger charge is 2.27. The van der Waals surface area contributed by atoms with Gasteiger partial charge in [0.1, 0.15) is 0 Å². The molecule has 1 aromatic carbocycles. The second-order valence-corrected chi connectivity index (χ2v) is 5.37. The van der Waals surface area contributed by atoms with Crippen LogP contribution in [0, 0.1) is 6.92 Å². The van der Waals surface area contributed by atoms with Crippen LogP contribution in [-0.2, 0) is 0 Å². The lowest BCUT2D eigenvalue weighted by Gasteiger charge is -2.17. The molecule has 0 bridgehead atoms. The molecule has 0 saturated heterocycles. The fraction of sp³-hybridized carbons (Fsp3) is 0.400. The van der Waals surface area contributed by atoms with Crippen molar-refractivity contribution in [2.45, 2.75) is 38.3 Å². The summed E-state index contributed by atoms with van der Waals surface area (Å²) < 4.78 is 5.17. The maximum atomic E-state index is 12.5. The molecule has 7 heteroatoms. The third-order valence-corrected chi connectivity index (χ3v) is 3.82. The lowest BCUT2D eigenvalue weighted by molar-refractivity contribution is 0.0935. The average Bonchev–Trinajstić information content (AvgIpc) is 3.08. The van der Waals surface area contributed by atoms with Crippen molar-refractivity contribution in [3.05, 3.63) is 35.7 Å². The first-order valence-corrected chi connectivity index (χ1v) is 7.11. The Labute approximate surface area is 134 Å².